The number of hydrogen-bond donors (Lipinski definition) is 0. The molecule has 7 nitrogen and oxygen atoms in total. The van der Waals surface area contributed by atoms with Crippen molar-refractivity contribution < 1.29 is 9.13 Å². The first-order valence-corrected chi connectivity index (χ1v) is 10.0. The lowest BCUT2D eigenvalue weighted by Gasteiger charge is -2.14. The summed E-state index contributed by atoms with van der Waals surface area (Å²) in [5, 5.41) is 4.48. The zero-order chi connectivity index (χ0) is 22.1. The van der Waals surface area contributed by atoms with Crippen LogP contribution < -0.4 is 16.0 Å². The van der Waals surface area contributed by atoms with Gasteiger partial charge in [0.2, 0.25) is 0 Å². The summed E-state index contributed by atoms with van der Waals surface area (Å²) in [6.45, 7) is 4.48. The van der Waals surface area contributed by atoms with Gasteiger partial charge in [0.15, 0.2) is 5.52 Å². The highest BCUT2D eigenvalue weighted by Gasteiger charge is 2.20. The van der Waals surface area contributed by atoms with Crippen LogP contribution in [0, 0.1) is 12.7 Å². The lowest BCUT2D eigenvalue weighted by molar-refractivity contribution is 0.414. The van der Waals surface area contributed by atoms with Gasteiger partial charge < -0.3 is 4.74 Å². The average molecular weight is 422 g/mol. The molecule has 0 radical (unpaired) electrons. The first-order chi connectivity index (χ1) is 14.9. The molecule has 0 bridgehead atoms. The van der Waals surface area contributed by atoms with Gasteiger partial charge in [0.1, 0.15) is 11.6 Å². The number of benzene rings is 2. The van der Waals surface area contributed by atoms with Crippen LogP contribution in [0.25, 0.3) is 11.0 Å². The lowest BCUT2D eigenvalue weighted by Crippen LogP contribution is -2.41. The number of rotatable bonds is 6. The second kappa shape index (κ2) is 8.22. The summed E-state index contributed by atoms with van der Waals surface area (Å²) in [5.41, 5.74) is 2.19. The molecule has 0 saturated carbocycles. The SMILES string of the molecule is CCn1nc(C)c2c1c(=O)n(Cc1ccc(F)cc1)c(=O)n2Cc1cccc(OC)c1. The van der Waals surface area contributed by atoms with Crippen LogP contribution in [0.5, 0.6) is 5.75 Å². The molecule has 0 aliphatic carbocycles. The maximum atomic E-state index is 13.5. The van der Waals surface area contributed by atoms with Crippen LogP contribution in [0.1, 0.15) is 23.7 Å². The molecule has 160 valence electrons. The van der Waals surface area contributed by atoms with E-state index in [0.717, 1.165) is 5.56 Å². The van der Waals surface area contributed by atoms with E-state index in [2.05, 4.69) is 5.10 Å². The van der Waals surface area contributed by atoms with Gasteiger partial charge >= 0.3 is 5.69 Å². The Morgan fingerprint density at radius 3 is 2.35 bits per heavy atom. The first-order valence-electron chi connectivity index (χ1n) is 10.0. The Morgan fingerprint density at radius 2 is 1.68 bits per heavy atom. The molecule has 4 aromatic rings. The molecule has 8 heteroatoms. The van der Waals surface area contributed by atoms with Crippen molar-refractivity contribution in [1.82, 2.24) is 18.9 Å². The second-order valence-electron chi connectivity index (χ2n) is 7.34. The van der Waals surface area contributed by atoms with Gasteiger partial charge in [-0.25, -0.2) is 9.18 Å². The third-order valence-electron chi connectivity index (χ3n) is 5.30. The van der Waals surface area contributed by atoms with Gasteiger partial charge in [0.25, 0.3) is 5.56 Å². The predicted octanol–water partition coefficient (Wildman–Crippen LogP) is 2.93. The van der Waals surface area contributed by atoms with Crippen LogP contribution in [-0.2, 0) is 19.6 Å². The maximum absolute atomic E-state index is 13.5. The molecule has 0 amide bonds. The van der Waals surface area contributed by atoms with Gasteiger partial charge in [-0.3, -0.25) is 18.6 Å². The first kappa shape index (κ1) is 20.6. The number of aromatic nitrogens is 4. The molecule has 0 spiro atoms. The molecule has 2 heterocycles. The van der Waals surface area contributed by atoms with Crippen molar-refractivity contribution in [3.05, 3.63) is 92.0 Å². The van der Waals surface area contributed by atoms with Gasteiger partial charge in [-0.05, 0) is 49.2 Å². The average Bonchev–Trinajstić information content (AvgIpc) is 3.12. The fourth-order valence-corrected chi connectivity index (χ4v) is 3.80. The number of nitrogens with zero attached hydrogens (tertiary/aromatic N) is 4. The minimum absolute atomic E-state index is 0.0416. The van der Waals surface area contributed by atoms with Crippen LogP contribution >= 0.6 is 0 Å². The fourth-order valence-electron chi connectivity index (χ4n) is 3.80. The molecule has 2 aromatic heterocycles. The van der Waals surface area contributed by atoms with E-state index in [1.807, 2.05) is 31.2 Å². The van der Waals surface area contributed by atoms with E-state index in [-0.39, 0.29) is 18.9 Å². The smallest absolute Gasteiger partial charge is 0.332 e. The van der Waals surface area contributed by atoms with E-state index in [9.17, 15) is 14.0 Å². The topological polar surface area (TPSA) is 71.0 Å². The maximum Gasteiger partial charge on any atom is 0.332 e. The highest BCUT2D eigenvalue weighted by molar-refractivity contribution is 5.77. The van der Waals surface area contributed by atoms with Gasteiger partial charge in [-0.2, -0.15) is 5.10 Å². The molecule has 0 saturated heterocycles. The molecular formula is C23H23FN4O3. The summed E-state index contributed by atoms with van der Waals surface area (Å²) in [6, 6.07) is 13.2. The van der Waals surface area contributed by atoms with Crippen LogP contribution in [0.4, 0.5) is 4.39 Å². The van der Waals surface area contributed by atoms with E-state index in [1.165, 1.54) is 16.7 Å². The summed E-state index contributed by atoms with van der Waals surface area (Å²) < 4.78 is 23.0. The highest BCUT2D eigenvalue weighted by Crippen LogP contribution is 2.18. The standard InChI is InChI=1S/C23H23FN4O3/c1-4-28-21-20(15(2)25-28)26(14-17-6-5-7-19(12-17)31-3)23(30)27(22(21)29)13-16-8-10-18(24)11-9-16/h5-12H,4,13-14H2,1-3H3. The third kappa shape index (κ3) is 3.76. The molecule has 0 N–H and O–H groups in total. The van der Waals surface area contributed by atoms with E-state index < -0.39 is 11.2 Å². The Morgan fingerprint density at radius 1 is 0.968 bits per heavy atom. The Labute approximate surface area is 177 Å². The Bertz CT molecular complexity index is 1370. The molecular weight excluding hydrogens is 399 g/mol. The van der Waals surface area contributed by atoms with Crippen LogP contribution in [0.2, 0.25) is 0 Å². The third-order valence-corrected chi connectivity index (χ3v) is 5.30. The minimum Gasteiger partial charge on any atom is -0.497 e. The van der Waals surface area contributed by atoms with E-state index in [1.54, 1.807) is 35.4 Å². The summed E-state index contributed by atoms with van der Waals surface area (Å²) in [4.78, 5) is 26.8. The minimum atomic E-state index is -0.441. The summed E-state index contributed by atoms with van der Waals surface area (Å²) >= 11 is 0. The normalized spacial score (nSPS) is 11.2. The quantitative estimate of drug-likeness (QED) is 0.479. The molecule has 2 aromatic carbocycles. The number of fused-ring (bicyclic) bond motifs is 1. The predicted molar refractivity (Wildman–Crippen MR) is 116 cm³/mol. The number of methoxy groups -OCH3 is 1. The van der Waals surface area contributed by atoms with Crippen LogP contribution in [0.3, 0.4) is 0 Å². The van der Waals surface area contributed by atoms with Crippen molar-refractivity contribution >= 4 is 11.0 Å². The molecule has 0 atom stereocenters. The largest absolute Gasteiger partial charge is 0.497 e. The highest BCUT2D eigenvalue weighted by atomic mass is 19.1. The van der Waals surface area contributed by atoms with Crippen molar-refractivity contribution in [3.8, 4) is 5.75 Å². The van der Waals surface area contributed by atoms with E-state index in [0.29, 0.717) is 34.6 Å². The van der Waals surface area contributed by atoms with Gasteiger partial charge in [0.05, 0.1) is 31.4 Å². The number of aryl methyl sites for hydroxylation is 2. The molecule has 0 aliphatic rings. The zero-order valence-corrected chi connectivity index (χ0v) is 17.6. The summed E-state index contributed by atoms with van der Waals surface area (Å²) in [5.74, 6) is 0.309. The molecule has 4 rings (SSSR count). The number of halogens is 1. The Balaban J connectivity index is 1.95. The number of ether oxygens (including phenoxy) is 1. The fraction of sp³-hybridized carbons (Fsp3) is 0.261. The van der Waals surface area contributed by atoms with E-state index in [4.69, 9.17) is 4.74 Å². The Kier molecular flexibility index (Phi) is 5.46. The van der Waals surface area contributed by atoms with Crippen LogP contribution in [-0.4, -0.2) is 26.0 Å². The number of hydrogen-bond acceptors (Lipinski definition) is 4. The molecule has 0 aliphatic heterocycles. The van der Waals surface area contributed by atoms with Gasteiger partial charge in [0, 0.05) is 6.54 Å². The van der Waals surface area contributed by atoms with Crippen molar-refractivity contribution in [2.45, 2.75) is 33.5 Å². The monoisotopic (exact) mass is 422 g/mol. The van der Waals surface area contributed by atoms with Crippen LogP contribution in [0.15, 0.2) is 58.1 Å². The van der Waals surface area contributed by atoms with Crippen molar-refractivity contribution in [2.24, 2.45) is 0 Å². The van der Waals surface area contributed by atoms with Gasteiger partial charge in [-0.1, -0.05) is 24.3 Å². The van der Waals surface area contributed by atoms with Crippen molar-refractivity contribution in [2.75, 3.05) is 7.11 Å². The zero-order valence-electron chi connectivity index (χ0n) is 17.6. The van der Waals surface area contributed by atoms with Crippen molar-refractivity contribution in [1.29, 1.82) is 0 Å². The summed E-state index contributed by atoms with van der Waals surface area (Å²) in [7, 11) is 1.59. The Hall–Kier alpha value is -3.68. The lowest BCUT2D eigenvalue weighted by atomic mass is 10.2. The molecule has 31 heavy (non-hydrogen) atoms. The van der Waals surface area contributed by atoms with E-state index >= 15 is 0 Å². The van der Waals surface area contributed by atoms with Gasteiger partial charge in [-0.15, -0.1) is 0 Å². The van der Waals surface area contributed by atoms with Crippen molar-refractivity contribution in [3.63, 3.8) is 0 Å². The molecule has 0 fully saturated rings. The molecule has 0 unspecified atom stereocenters. The summed E-state index contributed by atoms with van der Waals surface area (Å²) in [6.07, 6.45) is 0. The second-order valence-corrected chi connectivity index (χ2v) is 7.34.